The predicted octanol–water partition coefficient (Wildman–Crippen LogP) is 3.70. The minimum atomic E-state index is 0. The molecule has 1 rings (SSSR count). The lowest BCUT2D eigenvalue weighted by Crippen LogP contribution is -2.41. The van der Waals surface area contributed by atoms with Crippen LogP contribution in [-0.2, 0) is 4.74 Å². The van der Waals surface area contributed by atoms with Gasteiger partial charge in [0.15, 0.2) is 5.96 Å². The quantitative estimate of drug-likeness (QED) is 0.221. The van der Waals surface area contributed by atoms with E-state index in [0.29, 0.717) is 12.1 Å². The third-order valence-corrected chi connectivity index (χ3v) is 3.67. The van der Waals surface area contributed by atoms with Gasteiger partial charge in [0, 0.05) is 26.2 Å². The normalized spacial score (nSPS) is 17.2. The van der Waals surface area contributed by atoms with Gasteiger partial charge in [-0.2, -0.15) is 0 Å². The average Bonchev–Trinajstić information content (AvgIpc) is 2.69. The van der Waals surface area contributed by atoms with Crippen LogP contribution in [0.4, 0.5) is 0 Å². The van der Waals surface area contributed by atoms with Gasteiger partial charge < -0.3 is 15.4 Å². The lowest BCUT2D eigenvalue weighted by molar-refractivity contribution is 0.0411. The number of hydrogen-bond acceptors (Lipinski definition) is 2. The van der Waals surface area contributed by atoms with Gasteiger partial charge in [0.25, 0.3) is 0 Å². The molecule has 0 heterocycles. The van der Waals surface area contributed by atoms with Crippen molar-refractivity contribution in [1.82, 2.24) is 10.6 Å². The van der Waals surface area contributed by atoms with Crippen LogP contribution in [-0.4, -0.2) is 38.3 Å². The zero-order valence-electron chi connectivity index (χ0n) is 14.0. The number of rotatable bonds is 7. The van der Waals surface area contributed by atoms with Crippen LogP contribution < -0.4 is 10.6 Å². The van der Waals surface area contributed by atoms with Gasteiger partial charge >= 0.3 is 0 Å². The number of guanidine groups is 1. The molecule has 0 amide bonds. The molecule has 4 nitrogen and oxygen atoms in total. The molecule has 21 heavy (non-hydrogen) atoms. The van der Waals surface area contributed by atoms with Crippen LogP contribution in [0.25, 0.3) is 0 Å². The molecule has 0 aromatic heterocycles. The van der Waals surface area contributed by atoms with Crippen molar-refractivity contribution < 1.29 is 4.74 Å². The van der Waals surface area contributed by atoms with E-state index >= 15 is 0 Å². The van der Waals surface area contributed by atoms with Crippen LogP contribution in [0.5, 0.6) is 0 Å². The van der Waals surface area contributed by atoms with Gasteiger partial charge in [-0.3, -0.25) is 4.99 Å². The Labute approximate surface area is 147 Å². The van der Waals surface area contributed by atoms with Crippen molar-refractivity contribution in [3.05, 3.63) is 0 Å². The Morgan fingerprint density at radius 1 is 1.14 bits per heavy atom. The molecule has 0 radical (unpaired) electrons. The second-order valence-electron chi connectivity index (χ2n) is 5.99. The number of aliphatic imine (C=N–C) groups is 1. The predicted molar refractivity (Wildman–Crippen MR) is 102 cm³/mol. The van der Waals surface area contributed by atoms with Crippen LogP contribution in [0.3, 0.4) is 0 Å². The van der Waals surface area contributed by atoms with Gasteiger partial charge in [0.05, 0.1) is 6.10 Å². The fourth-order valence-electron chi connectivity index (χ4n) is 2.56. The molecule has 2 N–H and O–H groups in total. The lowest BCUT2D eigenvalue weighted by Gasteiger charge is -2.16. The summed E-state index contributed by atoms with van der Waals surface area (Å²) in [6.07, 6.45) is 10.8. The van der Waals surface area contributed by atoms with E-state index in [1.807, 2.05) is 7.05 Å². The monoisotopic (exact) mass is 411 g/mol. The number of ether oxygens (including phenoxy) is 1. The van der Waals surface area contributed by atoms with Crippen molar-refractivity contribution in [3.8, 4) is 0 Å². The van der Waals surface area contributed by atoms with Crippen molar-refractivity contribution in [2.24, 2.45) is 4.99 Å². The molecule has 1 fully saturated rings. The summed E-state index contributed by atoms with van der Waals surface area (Å²) < 4.78 is 5.99. The maximum absolute atomic E-state index is 5.99. The molecule has 0 saturated heterocycles. The van der Waals surface area contributed by atoms with E-state index in [1.54, 1.807) is 0 Å². The van der Waals surface area contributed by atoms with Gasteiger partial charge in [-0.25, -0.2) is 0 Å². The summed E-state index contributed by atoms with van der Waals surface area (Å²) >= 11 is 0. The van der Waals surface area contributed by atoms with Crippen molar-refractivity contribution in [2.75, 3.05) is 20.2 Å². The minimum Gasteiger partial charge on any atom is -0.378 e. The minimum absolute atomic E-state index is 0. The first-order chi connectivity index (χ1) is 9.72. The largest absolute Gasteiger partial charge is 0.378 e. The molecule has 5 heteroatoms. The maximum atomic E-state index is 5.99. The molecular weight excluding hydrogens is 377 g/mol. The zero-order chi connectivity index (χ0) is 14.6. The van der Waals surface area contributed by atoms with Gasteiger partial charge in [0.2, 0.25) is 0 Å². The topological polar surface area (TPSA) is 45.7 Å². The summed E-state index contributed by atoms with van der Waals surface area (Å²) in [6.45, 7) is 6.10. The van der Waals surface area contributed by atoms with E-state index < -0.39 is 0 Å². The van der Waals surface area contributed by atoms with E-state index in [9.17, 15) is 0 Å². The fraction of sp³-hybridized carbons (Fsp3) is 0.938. The Balaban J connectivity index is 0.00000400. The van der Waals surface area contributed by atoms with Crippen LogP contribution in [0, 0.1) is 0 Å². The highest BCUT2D eigenvalue weighted by Gasteiger charge is 2.11. The molecule has 1 saturated carbocycles. The van der Waals surface area contributed by atoms with Crippen molar-refractivity contribution in [2.45, 2.75) is 77.4 Å². The van der Waals surface area contributed by atoms with E-state index in [-0.39, 0.29) is 24.0 Å². The number of unbranched alkanes of at least 4 members (excludes halogenated alkanes) is 1. The Bertz CT molecular complexity index is 264. The van der Waals surface area contributed by atoms with Gasteiger partial charge in [-0.05, 0) is 39.5 Å². The van der Waals surface area contributed by atoms with Crippen LogP contribution in [0.2, 0.25) is 0 Å². The number of nitrogens with zero attached hydrogens (tertiary/aromatic N) is 1. The average molecular weight is 411 g/mol. The summed E-state index contributed by atoms with van der Waals surface area (Å²) in [7, 11) is 1.81. The number of nitrogens with one attached hydrogen (secondary N) is 2. The smallest absolute Gasteiger partial charge is 0.191 e. The summed E-state index contributed by atoms with van der Waals surface area (Å²) in [5.74, 6) is 0.893. The SMILES string of the molecule is CN=C(NCCCCOC1CCCCCC1)NC(C)C.I. The van der Waals surface area contributed by atoms with Crippen LogP contribution >= 0.6 is 24.0 Å². The summed E-state index contributed by atoms with van der Waals surface area (Å²) in [4.78, 5) is 4.19. The maximum Gasteiger partial charge on any atom is 0.191 e. The molecule has 0 aromatic rings. The molecule has 0 spiro atoms. The van der Waals surface area contributed by atoms with E-state index in [1.165, 1.54) is 38.5 Å². The molecule has 1 aliphatic rings. The van der Waals surface area contributed by atoms with Crippen LogP contribution in [0.1, 0.15) is 65.2 Å². The van der Waals surface area contributed by atoms with Crippen molar-refractivity contribution in [1.29, 1.82) is 0 Å². The third kappa shape index (κ3) is 11.2. The summed E-state index contributed by atoms with van der Waals surface area (Å²) in [6, 6.07) is 0.416. The Morgan fingerprint density at radius 2 is 1.81 bits per heavy atom. The van der Waals surface area contributed by atoms with Gasteiger partial charge in [-0.1, -0.05) is 25.7 Å². The summed E-state index contributed by atoms with van der Waals surface area (Å²) in [5, 5.41) is 6.62. The molecule has 126 valence electrons. The van der Waals surface area contributed by atoms with E-state index in [0.717, 1.165) is 32.0 Å². The molecule has 1 aliphatic carbocycles. The third-order valence-electron chi connectivity index (χ3n) is 3.67. The highest BCUT2D eigenvalue weighted by Crippen LogP contribution is 2.19. The second kappa shape index (κ2) is 13.6. The van der Waals surface area contributed by atoms with E-state index in [2.05, 4.69) is 29.5 Å². The Morgan fingerprint density at radius 3 is 2.38 bits per heavy atom. The molecule has 0 bridgehead atoms. The summed E-state index contributed by atoms with van der Waals surface area (Å²) in [5.41, 5.74) is 0. The second-order valence-corrected chi connectivity index (χ2v) is 5.99. The molecule has 0 atom stereocenters. The Kier molecular flexibility index (Phi) is 13.6. The number of hydrogen-bond donors (Lipinski definition) is 2. The fourth-order valence-corrected chi connectivity index (χ4v) is 2.56. The van der Waals surface area contributed by atoms with Gasteiger partial charge in [-0.15, -0.1) is 24.0 Å². The lowest BCUT2D eigenvalue weighted by atomic mass is 10.1. The standard InChI is InChI=1S/C16H33N3O.HI/c1-14(2)19-16(17-3)18-12-8-9-13-20-15-10-6-4-5-7-11-15;/h14-15H,4-13H2,1-3H3,(H2,17,18,19);1H. The molecule has 0 aromatic carbocycles. The molecular formula is C16H34IN3O. The first-order valence-corrected chi connectivity index (χ1v) is 8.31. The highest BCUT2D eigenvalue weighted by molar-refractivity contribution is 14.0. The molecule has 0 aliphatic heterocycles. The molecule has 0 unspecified atom stereocenters. The van der Waals surface area contributed by atoms with E-state index in [4.69, 9.17) is 4.74 Å². The van der Waals surface area contributed by atoms with Gasteiger partial charge in [0.1, 0.15) is 0 Å². The first kappa shape index (κ1) is 21.0. The van der Waals surface area contributed by atoms with Crippen LogP contribution in [0.15, 0.2) is 4.99 Å². The van der Waals surface area contributed by atoms with Crippen molar-refractivity contribution in [3.63, 3.8) is 0 Å². The Hall–Kier alpha value is -0.0400. The first-order valence-electron chi connectivity index (χ1n) is 8.31. The zero-order valence-corrected chi connectivity index (χ0v) is 16.3. The highest BCUT2D eigenvalue weighted by atomic mass is 127. The number of halogens is 1. The van der Waals surface area contributed by atoms with Crippen molar-refractivity contribution >= 4 is 29.9 Å².